The van der Waals surface area contributed by atoms with Crippen LogP contribution in [0, 0.1) is 0 Å². The van der Waals surface area contributed by atoms with E-state index in [-0.39, 0.29) is 12.1 Å². The number of thiazole rings is 1. The van der Waals surface area contributed by atoms with Crippen LogP contribution in [0.1, 0.15) is 25.7 Å². The monoisotopic (exact) mass is 435 g/mol. The number of likely N-dealkylation sites (N-methyl/N-ethyl adjacent to an activating group) is 1. The molecule has 0 unspecified atom stereocenters. The second-order valence-electron chi connectivity index (χ2n) is 6.81. The van der Waals surface area contributed by atoms with Crippen molar-refractivity contribution in [2.75, 3.05) is 18.9 Å². The number of benzene rings is 1. The maximum atomic E-state index is 10.2. The summed E-state index contributed by atoms with van der Waals surface area (Å²) in [5, 5.41) is 14.4. The molecular weight excluding hydrogens is 414 g/mol. The number of anilines is 1. The van der Waals surface area contributed by atoms with Gasteiger partial charge in [0.05, 0.1) is 26.8 Å². The van der Waals surface area contributed by atoms with Crippen LogP contribution in [0.2, 0.25) is 0 Å². The number of nitrogens with zero attached hydrogens (tertiary/aromatic N) is 2. The molecule has 2 aromatic rings. The van der Waals surface area contributed by atoms with Crippen LogP contribution in [0.3, 0.4) is 0 Å². The lowest BCUT2D eigenvalue weighted by Crippen LogP contribution is -2.36. The maximum Gasteiger partial charge on any atom is 0.184 e. The Morgan fingerprint density at radius 2 is 2.19 bits per heavy atom. The largest absolute Gasteiger partial charge is 0.456 e. The lowest BCUT2D eigenvalue weighted by Gasteiger charge is -2.27. The predicted molar refractivity (Wildman–Crippen MR) is 110 cm³/mol. The molecule has 1 aromatic heterocycles. The van der Waals surface area contributed by atoms with Crippen molar-refractivity contribution in [3.8, 4) is 5.75 Å². The summed E-state index contributed by atoms with van der Waals surface area (Å²) < 4.78 is 8.00. The van der Waals surface area contributed by atoms with Gasteiger partial charge in [-0.15, -0.1) is 0 Å². The summed E-state index contributed by atoms with van der Waals surface area (Å²) in [6.45, 7) is 0.837. The first kappa shape index (κ1) is 17.8. The van der Waals surface area contributed by atoms with E-state index in [2.05, 4.69) is 37.2 Å². The highest BCUT2D eigenvalue weighted by Gasteiger charge is 2.24. The Morgan fingerprint density at radius 1 is 1.35 bits per heavy atom. The minimum absolute atomic E-state index is 0.0910. The van der Waals surface area contributed by atoms with Gasteiger partial charge in [-0.2, -0.15) is 0 Å². The zero-order valence-corrected chi connectivity index (χ0v) is 17.0. The fourth-order valence-electron chi connectivity index (χ4n) is 3.29. The molecule has 2 N–H and O–H groups in total. The zero-order chi connectivity index (χ0) is 18.1. The number of allylic oxidation sites excluding steroid dienone is 1. The first-order valence-electron chi connectivity index (χ1n) is 8.90. The lowest BCUT2D eigenvalue weighted by atomic mass is 9.93. The van der Waals surface area contributed by atoms with Crippen molar-refractivity contribution in [1.29, 1.82) is 0 Å². The van der Waals surface area contributed by atoms with Gasteiger partial charge in [0.1, 0.15) is 11.5 Å². The van der Waals surface area contributed by atoms with Crippen molar-refractivity contribution in [2.45, 2.75) is 37.8 Å². The van der Waals surface area contributed by atoms with Gasteiger partial charge in [0.15, 0.2) is 5.13 Å². The molecule has 0 saturated heterocycles. The molecule has 1 aromatic carbocycles. The van der Waals surface area contributed by atoms with Gasteiger partial charge < -0.3 is 20.1 Å². The van der Waals surface area contributed by atoms with E-state index in [0.717, 1.165) is 63.6 Å². The number of rotatable bonds is 4. The quantitative estimate of drug-likeness (QED) is 0.740. The number of hydrogen-bond acceptors (Lipinski definition) is 6. The maximum absolute atomic E-state index is 10.2. The number of aliphatic hydroxyl groups excluding tert-OH is 1. The molecule has 2 aliphatic rings. The van der Waals surface area contributed by atoms with E-state index in [0.29, 0.717) is 0 Å². The van der Waals surface area contributed by atoms with Crippen molar-refractivity contribution < 1.29 is 9.84 Å². The van der Waals surface area contributed by atoms with E-state index in [1.54, 1.807) is 11.3 Å². The van der Waals surface area contributed by atoms with Gasteiger partial charge in [0, 0.05) is 19.8 Å². The van der Waals surface area contributed by atoms with Gasteiger partial charge in [-0.3, -0.25) is 0 Å². The van der Waals surface area contributed by atoms with E-state index in [1.807, 2.05) is 31.5 Å². The molecule has 26 heavy (non-hydrogen) atoms. The first-order valence-corrected chi connectivity index (χ1v) is 10.5. The number of hydrogen-bond donors (Lipinski definition) is 2. The Bertz CT molecular complexity index is 864. The summed E-state index contributed by atoms with van der Waals surface area (Å²) in [5.74, 6) is 1.63. The van der Waals surface area contributed by atoms with Crippen LogP contribution < -0.4 is 10.1 Å². The van der Waals surface area contributed by atoms with Crippen LogP contribution >= 0.6 is 27.3 Å². The molecule has 0 bridgehead atoms. The van der Waals surface area contributed by atoms with Crippen molar-refractivity contribution in [1.82, 2.24) is 9.88 Å². The molecule has 0 amide bonds. The molecule has 1 saturated carbocycles. The van der Waals surface area contributed by atoms with Crippen molar-refractivity contribution in [2.24, 2.45) is 0 Å². The van der Waals surface area contributed by atoms with E-state index in [4.69, 9.17) is 4.74 Å². The number of fused-ring (bicyclic) bond motifs is 1. The highest BCUT2D eigenvalue weighted by atomic mass is 79.9. The van der Waals surface area contributed by atoms with Crippen molar-refractivity contribution in [3.05, 3.63) is 40.7 Å². The van der Waals surface area contributed by atoms with Gasteiger partial charge in [-0.05, 0) is 53.1 Å². The third kappa shape index (κ3) is 3.75. The Hall–Kier alpha value is -1.57. The molecule has 1 aliphatic heterocycles. The minimum Gasteiger partial charge on any atom is -0.456 e. The van der Waals surface area contributed by atoms with Crippen LogP contribution in [-0.2, 0) is 0 Å². The summed E-state index contributed by atoms with van der Waals surface area (Å²) in [6, 6.07) is 4.01. The number of nitrogens with one attached hydrogen (secondary N) is 1. The molecule has 2 heterocycles. The molecule has 1 fully saturated rings. The van der Waals surface area contributed by atoms with Crippen LogP contribution in [0.5, 0.6) is 5.75 Å². The fraction of sp³-hybridized carbons (Fsp3) is 0.421. The highest BCUT2D eigenvalue weighted by Crippen LogP contribution is 2.39. The summed E-state index contributed by atoms with van der Waals surface area (Å²) in [7, 11) is 2.03. The second kappa shape index (κ2) is 7.58. The van der Waals surface area contributed by atoms with Gasteiger partial charge in [-0.25, -0.2) is 4.98 Å². The second-order valence-corrected chi connectivity index (χ2v) is 8.60. The number of aliphatic hydroxyl groups is 1. The fourth-order valence-corrected chi connectivity index (χ4v) is 4.90. The number of halogens is 1. The summed E-state index contributed by atoms with van der Waals surface area (Å²) in [5.41, 5.74) is 0.926. The predicted octanol–water partition coefficient (Wildman–Crippen LogP) is 4.50. The highest BCUT2D eigenvalue weighted by molar-refractivity contribution is 9.10. The third-order valence-corrected chi connectivity index (χ3v) is 6.87. The number of ether oxygens (including phenoxy) is 1. The van der Waals surface area contributed by atoms with Gasteiger partial charge in [0.2, 0.25) is 0 Å². The smallest absolute Gasteiger partial charge is 0.184 e. The lowest BCUT2D eigenvalue weighted by molar-refractivity contribution is 0.116. The van der Waals surface area contributed by atoms with Crippen molar-refractivity contribution in [3.63, 3.8) is 0 Å². The average molecular weight is 436 g/mol. The minimum atomic E-state index is -0.291. The van der Waals surface area contributed by atoms with E-state index >= 15 is 0 Å². The van der Waals surface area contributed by atoms with Crippen molar-refractivity contribution >= 4 is 42.6 Å². The summed E-state index contributed by atoms with van der Waals surface area (Å²) in [4.78, 5) is 6.76. The molecule has 1 aliphatic carbocycles. The van der Waals surface area contributed by atoms with Crippen LogP contribution in [0.25, 0.3) is 10.2 Å². The molecule has 2 atom stereocenters. The van der Waals surface area contributed by atoms with E-state index in [9.17, 15) is 5.11 Å². The molecule has 5 nitrogen and oxygen atoms in total. The Labute approximate surface area is 165 Å². The number of aromatic nitrogens is 1. The summed E-state index contributed by atoms with van der Waals surface area (Å²) >= 11 is 5.27. The third-order valence-electron chi connectivity index (χ3n) is 4.80. The van der Waals surface area contributed by atoms with E-state index in [1.165, 1.54) is 0 Å². The van der Waals surface area contributed by atoms with Gasteiger partial charge in [-0.1, -0.05) is 24.2 Å². The summed E-state index contributed by atoms with van der Waals surface area (Å²) in [6.07, 6.45) is 9.84. The molecule has 138 valence electrons. The topological polar surface area (TPSA) is 57.6 Å². The Kier molecular flexibility index (Phi) is 5.20. The van der Waals surface area contributed by atoms with Gasteiger partial charge >= 0.3 is 0 Å². The zero-order valence-electron chi connectivity index (χ0n) is 14.6. The molecule has 4 rings (SSSR count). The Balaban J connectivity index is 1.54. The molecule has 0 spiro atoms. The normalized spacial score (nSPS) is 23.2. The Morgan fingerprint density at radius 3 is 2.96 bits per heavy atom. The first-order chi connectivity index (χ1) is 12.6. The molecule has 7 heteroatoms. The average Bonchev–Trinajstić information content (AvgIpc) is 3.05. The standard InChI is InChI=1S/C19H22BrN3O2S/c1-23-10-8-12(9-11-23)25-16-7-6-14-18(17(16)20)26-19(22-14)21-13-4-2-3-5-15(13)24/h6-10,13,15,24H,2-5,11H2,1H3,(H,21,22)/t13-,15-/m1/s1. The van der Waals surface area contributed by atoms with Crippen LogP contribution in [0.15, 0.2) is 40.7 Å². The molecule has 0 radical (unpaired) electrons. The van der Waals surface area contributed by atoms with Crippen LogP contribution in [0.4, 0.5) is 5.13 Å². The molecular formula is C19H22BrN3O2S. The van der Waals surface area contributed by atoms with Gasteiger partial charge in [0.25, 0.3) is 0 Å². The van der Waals surface area contributed by atoms with Crippen LogP contribution in [-0.4, -0.2) is 40.7 Å². The van der Waals surface area contributed by atoms with E-state index < -0.39 is 0 Å². The SMILES string of the molecule is CN1C=CC(Oc2ccc3nc(N[C@@H]4CCCC[C@H]4O)sc3c2Br)=CC1.